The molecule has 6 nitrogen and oxygen atoms in total. The van der Waals surface area contributed by atoms with Crippen molar-refractivity contribution in [1.29, 1.82) is 5.41 Å². The van der Waals surface area contributed by atoms with Crippen LogP contribution in [0.2, 0.25) is 0 Å². The van der Waals surface area contributed by atoms with Crippen LogP contribution in [0.4, 0.5) is 0 Å². The molecule has 6 heteroatoms. The van der Waals surface area contributed by atoms with Crippen LogP contribution in [0.5, 0.6) is 0 Å². The van der Waals surface area contributed by atoms with E-state index in [0.717, 1.165) is 28.3 Å². The van der Waals surface area contributed by atoms with Gasteiger partial charge in [-0.2, -0.15) is 0 Å². The van der Waals surface area contributed by atoms with Gasteiger partial charge in [0.05, 0.1) is 5.69 Å². The van der Waals surface area contributed by atoms with E-state index in [-0.39, 0.29) is 5.84 Å². The number of rotatable bonds is 3. The van der Waals surface area contributed by atoms with Gasteiger partial charge in [0.2, 0.25) is 0 Å². The highest BCUT2D eigenvalue weighted by molar-refractivity contribution is 5.95. The largest absolute Gasteiger partial charge is 0.398 e. The molecule has 0 spiro atoms. The third-order valence-corrected chi connectivity index (χ3v) is 3.68. The Bertz CT molecular complexity index is 926. The molecule has 0 radical (unpaired) electrons. The lowest BCUT2D eigenvalue weighted by Crippen LogP contribution is -2.09. The van der Waals surface area contributed by atoms with Gasteiger partial charge in [-0.25, -0.2) is 0 Å². The Morgan fingerprint density at radius 3 is 2.60 bits per heavy atom. The summed E-state index contributed by atoms with van der Waals surface area (Å²) in [6, 6.07) is 9.71. The number of carbonyl (C=O) groups is 1. The summed E-state index contributed by atoms with van der Waals surface area (Å²) in [5.41, 5.74) is 15.9. The zero-order valence-corrected chi connectivity index (χ0v) is 14.2. The number of aromatic amines is 1. The van der Waals surface area contributed by atoms with Crippen LogP contribution in [0.15, 0.2) is 48.8 Å². The first-order valence-electron chi connectivity index (χ1n) is 7.68. The first-order valence-corrected chi connectivity index (χ1v) is 7.68. The van der Waals surface area contributed by atoms with Gasteiger partial charge in [-0.05, 0) is 43.7 Å². The van der Waals surface area contributed by atoms with Gasteiger partial charge < -0.3 is 16.5 Å². The fourth-order valence-corrected chi connectivity index (χ4v) is 2.36. The highest BCUT2D eigenvalue weighted by Crippen LogP contribution is 2.21. The molecule has 0 saturated heterocycles. The van der Waals surface area contributed by atoms with E-state index >= 15 is 0 Å². The maximum absolute atomic E-state index is 10.7. The molecule has 0 saturated carbocycles. The number of amidine groups is 1. The standard InChI is InChI=1S/C11H11NO.C8H10N4/c1-7-3-4-10-9(5-7)8(2)11(6-13)12-10;9-7(4-8(10)11)6-2-1-3-12-5-6/h3-6,12H,1-2H3;1-5H,9H2,(H3,10,11)/b;7-4-. The van der Waals surface area contributed by atoms with Crippen molar-refractivity contribution in [3.05, 3.63) is 71.2 Å². The Kier molecular flexibility index (Phi) is 5.68. The minimum Gasteiger partial charge on any atom is -0.398 e. The number of hydrogen-bond donors (Lipinski definition) is 4. The lowest BCUT2D eigenvalue weighted by molar-refractivity contribution is 0.111. The van der Waals surface area contributed by atoms with Crippen LogP contribution in [0, 0.1) is 19.3 Å². The number of pyridine rings is 1. The van der Waals surface area contributed by atoms with Crippen LogP contribution in [-0.2, 0) is 0 Å². The van der Waals surface area contributed by atoms with Crippen LogP contribution >= 0.6 is 0 Å². The monoisotopic (exact) mass is 335 g/mol. The van der Waals surface area contributed by atoms with Gasteiger partial charge in [-0.15, -0.1) is 0 Å². The summed E-state index contributed by atoms with van der Waals surface area (Å²) in [6.07, 6.45) is 5.53. The van der Waals surface area contributed by atoms with Crippen LogP contribution in [0.25, 0.3) is 16.6 Å². The highest BCUT2D eigenvalue weighted by Gasteiger charge is 2.05. The van der Waals surface area contributed by atoms with E-state index in [1.807, 2.05) is 32.0 Å². The molecule has 1 aromatic carbocycles. The molecule has 0 aliphatic rings. The quantitative estimate of drug-likeness (QED) is 0.334. The molecule has 0 unspecified atom stereocenters. The molecule has 3 rings (SSSR count). The molecule has 3 aromatic rings. The molecule has 128 valence electrons. The molecule has 0 bridgehead atoms. The summed E-state index contributed by atoms with van der Waals surface area (Å²) in [7, 11) is 0. The fraction of sp³-hybridized carbons (Fsp3) is 0.105. The van der Waals surface area contributed by atoms with Crippen molar-refractivity contribution in [3.8, 4) is 0 Å². The second-order valence-electron chi connectivity index (χ2n) is 5.63. The molecule has 0 atom stereocenters. The Morgan fingerprint density at radius 2 is 2.00 bits per heavy atom. The SMILES string of the molecule is Cc1ccc2[nH]c(C=O)c(C)c2c1.N=C(N)/C=C(\N)c1cccnc1. The Labute approximate surface area is 146 Å². The number of hydrogen-bond acceptors (Lipinski definition) is 4. The van der Waals surface area contributed by atoms with Crippen molar-refractivity contribution in [2.24, 2.45) is 11.5 Å². The molecule has 25 heavy (non-hydrogen) atoms. The van der Waals surface area contributed by atoms with Crippen molar-refractivity contribution >= 4 is 28.7 Å². The van der Waals surface area contributed by atoms with Gasteiger partial charge in [0, 0.05) is 40.6 Å². The van der Waals surface area contributed by atoms with E-state index < -0.39 is 0 Å². The average molecular weight is 335 g/mol. The number of nitrogens with two attached hydrogens (primary N) is 2. The lowest BCUT2D eigenvalue weighted by Gasteiger charge is -1.98. The number of benzene rings is 1. The number of nitrogens with one attached hydrogen (secondary N) is 2. The van der Waals surface area contributed by atoms with Gasteiger partial charge in [-0.3, -0.25) is 15.2 Å². The fourth-order valence-electron chi connectivity index (χ4n) is 2.36. The van der Waals surface area contributed by atoms with Gasteiger partial charge >= 0.3 is 0 Å². The van der Waals surface area contributed by atoms with Crippen LogP contribution < -0.4 is 11.5 Å². The number of nitrogens with zero attached hydrogens (tertiary/aromatic N) is 1. The maximum atomic E-state index is 10.7. The summed E-state index contributed by atoms with van der Waals surface area (Å²) in [5.74, 6) is -0.0589. The first kappa shape index (κ1) is 17.9. The van der Waals surface area contributed by atoms with E-state index in [1.54, 1.807) is 18.5 Å². The summed E-state index contributed by atoms with van der Waals surface area (Å²) in [6.45, 7) is 4.01. The van der Waals surface area contributed by atoms with Gasteiger partial charge in [0.1, 0.15) is 5.84 Å². The zero-order valence-electron chi connectivity index (χ0n) is 14.2. The number of fused-ring (bicyclic) bond motifs is 1. The van der Waals surface area contributed by atoms with Crippen LogP contribution in [-0.4, -0.2) is 22.1 Å². The molecule has 0 amide bonds. The molecule has 0 fully saturated rings. The predicted octanol–water partition coefficient (Wildman–Crippen LogP) is 2.91. The first-order chi connectivity index (χ1) is 11.9. The minimum atomic E-state index is -0.0589. The number of carbonyl (C=O) groups excluding carboxylic acids is 1. The molecule has 2 heterocycles. The molecule has 6 N–H and O–H groups in total. The maximum Gasteiger partial charge on any atom is 0.166 e. The number of aromatic nitrogens is 2. The number of aryl methyl sites for hydroxylation is 2. The summed E-state index contributed by atoms with van der Waals surface area (Å²) >= 11 is 0. The number of H-pyrrole nitrogens is 1. The zero-order chi connectivity index (χ0) is 18.4. The van der Waals surface area contributed by atoms with Crippen molar-refractivity contribution in [2.45, 2.75) is 13.8 Å². The van der Waals surface area contributed by atoms with E-state index in [9.17, 15) is 4.79 Å². The Morgan fingerprint density at radius 1 is 1.24 bits per heavy atom. The van der Waals surface area contributed by atoms with Crippen LogP contribution in [0.1, 0.15) is 27.2 Å². The third-order valence-electron chi connectivity index (χ3n) is 3.68. The molecule has 2 aromatic heterocycles. The van der Waals surface area contributed by atoms with E-state index in [1.165, 1.54) is 11.6 Å². The normalized spacial score (nSPS) is 10.9. The summed E-state index contributed by atoms with van der Waals surface area (Å²) in [5, 5.41) is 8.12. The molecular formula is C19H21N5O. The molecule has 0 aliphatic heterocycles. The Hall–Kier alpha value is -3.41. The second-order valence-corrected chi connectivity index (χ2v) is 5.63. The summed E-state index contributed by atoms with van der Waals surface area (Å²) < 4.78 is 0. The lowest BCUT2D eigenvalue weighted by atomic mass is 10.1. The predicted molar refractivity (Wildman–Crippen MR) is 101 cm³/mol. The van der Waals surface area contributed by atoms with Crippen LogP contribution in [0.3, 0.4) is 0 Å². The van der Waals surface area contributed by atoms with E-state index in [2.05, 4.69) is 16.0 Å². The van der Waals surface area contributed by atoms with Crippen molar-refractivity contribution in [3.63, 3.8) is 0 Å². The molecule has 0 aliphatic carbocycles. The summed E-state index contributed by atoms with van der Waals surface area (Å²) in [4.78, 5) is 17.6. The van der Waals surface area contributed by atoms with E-state index in [0.29, 0.717) is 11.4 Å². The van der Waals surface area contributed by atoms with Gasteiger partial charge in [0.25, 0.3) is 0 Å². The second kappa shape index (κ2) is 7.92. The number of aldehydes is 1. The Balaban J connectivity index is 0.000000181. The van der Waals surface area contributed by atoms with Crippen molar-refractivity contribution in [2.75, 3.05) is 0 Å². The topological polar surface area (TPSA) is 122 Å². The molecular weight excluding hydrogens is 314 g/mol. The van der Waals surface area contributed by atoms with Crippen molar-refractivity contribution in [1.82, 2.24) is 9.97 Å². The van der Waals surface area contributed by atoms with Crippen molar-refractivity contribution < 1.29 is 4.79 Å². The van der Waals surface area contributed by atoms with Gasteiger partial charge in [0.15, 0.2) is 6.29 Å². The smallest absolute Gasteiger partial charge is 0.166 e. The van der Waals surface area contributed by atoms with E-state index in [4.69, 9.17) is 16.9 Å². The average Bonchev–Trinajstić information content (AvgIpc) is 2.91. The third kappa shape index (κ3) is 4.54. The highest BCUT2D eigenvalue weighted by atomic mass is 16.1. The minimum absolute atomic E-state index is 0.0589. The van der Waals surface area contributed by atoms with Gasteiger partial charge in [-0.1, -0.05) is 11.6 Å².